The van der Waals surface area contributed by atoms with Crippen LogP contribution in [-0.2, 0) is 16.0 Å². The number of nitrogens with zero attached hydrogens (tertiary/aromatic N) is 2. The van der Waals surface area contributed by atoms with Crippen molar-refractivity contribution in [3.05, 3.63) is 104 Å². The zero-order chi connectivity index (χ0) is 23.5. The summed E-state index contributed by atoms with van der Waals surface area (Å²) in [4.78, 5) is 16.8. The van der Waals surface area contributed by atoms with Crippen LogP contribution >= 0.6 is 39.1 Å². The molecule has 0 aliphatic heterocycles. The third-order valence-corrected chi connectivity index (χ3v) is 6.30. The van der Waals surface area contributed by atoms with Crippen molar-refractivity contribution in [1.29, 1.82) is 0 Å². The Morgan fingerprint density at radius 3 is 2.58 bits per heavy atom. The molecule has 3 aromatic carbocycles. The highest BCUT2D eigenvalue weighted by atomic mass is 79.9. The molecule has 0 saturated heterocycles. The number of methoxy groups -OCH3 is 1. The molecule has 0 aliphatic rings. The Hall–Kier alpha value is -2.64. The number of carbonyl (C=O) groups excluding carboxylic acids is 1. The molecule has 4 rings (SSSR count). The van der Waals surface area contributed by atoms with Crippen molar-refractivity contribution in [2.24, 2.45) is 5.73 Å². The maximum Gasteiger partial charge on any atom is 0.327 e. The van der Waals surface area contributed by atoms with E-state index in [0.29, 0.717) is 27.7 Å². The molecule has 0 fully saturated rings. The fourth-order valence-electron chi connectivity index (χ4n) is 3.51. The number of rotatable bonds is 6. The molecule has 1 atom stereocenters. The second-order valence-electron chi connectivity index (χ2n) is 7.44. The van der Waals surface area contributed by atoms with Gasteiger partial charge in [-0.15, -0.1) is 0 Å². The van der Waals surface area contributed by atoms with Gasteiger partial charge >= 0.3 is 5.97 Å². The molecule has 4 aromatic rings. The molecule has 1 aromatic heterocycles. The maximum absolute atomic E-state index is 12.0. The molecule has 0 radical (unpaired) electrons. The van der Waals surface area contributed by atoms with Gasteiger partial charge in [-0.25, -0.2) is 4.98 Å². The van der Waals surface area contributed by atoms with Gasteiger partial charge in [0.2, 0.25) is 0 Å². The van der Waals surface area contributed by atoms with E-state index in [0.717, 1.165) is 27.1 Å². The number of ether oxygens (including phenoxy) is 1. The third kappa shape index (κ3) is 5.31. The summed E-state index contributed by atoms with van der Waals surface area (Å²) in [5, 5.41) is 1.08. The summed E-state index contributed by atoms with van der Waals surface area (Å²) in [5.41, 5.74) is 10.1. The second kappa shape index (κ2) is 10.1. The van der Waals surface area contributed by atoms with Gasteiger partial charge in [0.1, 0.15) is 11.9 Å². The van der Waals surface area contributed by atoms with E-state index in [9.17, 15) is 4.79 Å². The van der Waals surface area contributed by atoms with E-state index in [-0.39, 0.29) is 0 Å². The fourth-order valence-corrected chi connectivity index (χ4v) is 4.28. The first kappa shape index (κ1) is 23.5. The number of nitrogens with two attached hydrogens (primary N) is 1. The predicted molar refractivity (Wildman–Crippen MR) is 135 cm³/mol. The molecule has 33 heavy (non-hydrogen) atoms. The van der Waals surface area contributed by atoms with E-state index in [2.05, 4.69) is 15.9 Å². The smallest absolute Gasteiger partial charge is 0.327 e. The van der Waals surface area contributed by atoms with Crippen molar-refractivity contribution in [2.75, 3.05) is 7.11 Å². The third-order valence-electron chi connectivity index (χ3n) is 5.22. The first-order valence-corrected chi connectivity index (χ1v) is 11.6. The van der Waals surface area contributed by atoms with Gasteiger partial charge in [0.25, 0.3) is 0 Å². The Balaban J connectivity index is 1.81. The van der Waals surface area contributed by atoms with E-state index in [1.165, 1.54) is 7.11 Å². The molecule has 0 amide bonds. The second-order valence-corrected chi connectivity index (χ2v) is 9.19. The fraction of sp³-hybridized carbons (Fsp3) is 0.120. The Bertz CT molecular complexity index is 1310. The lowest BCUT2D eigenvalue weighted by molar-refractivity contribution is -0.142. The van der Waals surface area contributed by atoms with Gasteiger partial charge in [-0.1, -0.05) is 63.4 Å². The molecule has 1 heterocycles. The number of carbonyl (C=O) groups is 1. The Kier molecular flexibility index (Phi) is 7.20. The molecule has 0 saturated carbocycles. The summed E-state index contributed by atoms with van der Waals surface area (Å²) >= 11 is 16.0. The topological polar surface area (TPSA) is 70.1 Å². The van der Waals surface area contributed by atoms with Crippen LogP contribution in [-0.4, -0.2) is 22.6 Å². The van der Waals surface area contributed by atoms with E-state index < -0.39 is 12.0 Å². The summed E-state index contributed by atoms with van der Waals surface area (Å²) in [6.07, 6.45) is 2.51. The van der Waals surface area contributed by atoms with Gasteiger partial charge in [-0.05, 0) is 53.6 Å². The van der Waals surface area contributed by atoms with Gasteiger partial charge in [-0.2, -0.15) is 0 Å². The van der Waals surface area contributed by atoms with Crippen LogP contribution in [0.3, 0.4) is 0 Å². The zero-order valence-corrected chi connectivity index (χ0v) is 20.7. The highest BCUT2D eigenvalue weighted by Crippen LogP contribution is 2.31. The van der Waals surface area contributed by atoms with Crippen molar-refractivity contribution in [3.8, 4) is 16.9 Å². The molecule has 2 N–H and O–H groups in total. The lowest BCUT2D eigenvalue weighted by Gasteiger charge is -2.13. The number of hydrogen-bond donors (Lipinski definition) is 1. The minimum absolute atomic E-state index is 0.499. The first-order valence-electron chi connectivity index (χ1n) is 10.1. The van der Waals surface area contributed by atoms with Crippen molar-refractivity contribution < 1.29 is 9.53 Å². The van der Waals surface area contributed by atoms with Gasteiger partial charge in [0.15, 0.2) is 0 Å². The van der Waals surface area contributed by atoms with Crippen LogP contribution in [0.4, 0.5) is 0 Å². The summed E-state index contributed by atoms with van der Waals surface area (Å²) in [6.45, 7) is 0. The molecule has 0 aliphatic carbocycles. The average molecular weight is 545 g/mol. The van der Waals surface area contributed by atoms with Gasteiger partial charge in [0.05, 0.1) is 17.8 Å². The monoisotopic (exact) mass is 543 g/mol. The number of imidazole rings is 1. The van der Waals surface area contributed by atoms with Gasteiger partial charge < -0.3 is 15.0 Å². The lowest BCUT2D eigenvalue weighted by atomic mass is 10.1. The molecule has 1 unspecified atom stereocenters. The number of benzene rings is 3. The minimum Gasteiger partial charge on any atom is -0.468 e. The maximum atomic E-state index is 12.0. The molecule has 5 nitrogen and oxygen atoms in total. The molecule has 168 valence electrons. The SMILES string of the molecule is COC(=O)C(N)c1cccc(-n2cc(-c3ccc(Cl)cc3Cl)nc2Cc2ccc(Br)cc2)c1. The Morgan fingerprint density at radius 2 is 1.88 bits per heavy atom. The van der Waals surface area contributed by atoms with E-state index in [1.807, 2.05) is 59.3 Å². The van der Waals surface area contributed by atoms with Crippen LogP contribution in [0.5, 0.6) is 0 Å². The zero-order valence-electron chi connectivity index (χ0n) is 17.6. The lowest BCUT2D eigenvalue weighted by Crippen LogP contribution is -2.22. The van der Waals surface area contributed by atoms with Gasteiger partial charge in [0, 0.05) is 33.4 Å². The standard InChI is InChI=1S/C25H20BrCl2N3O2/c1-33-25(32)24(29)16-3-2-4-19(12-16)31-14-22(20-10-9-18(27)13-21(20)28)30-23(31)11-15-5-7-17(26)8-6-15/h2-10,12-14,24H,11,29H2,1H3. The number of hydrogen-bond acceptors (Lipinski definition) is 4. The largest absolute Gasteiger partial charge is 0.468 e. The van der Waals surface area contributed by atoms with Crippen LogP contribution in [0, 0.1) is 0 Å². The minimum atomic E-state index is -0.876. The molecule has 0 spiro atoms. The quantitative estimate of drug-likeness (QED) is 0.286. The normalized spacial score (nSPS) is 11.9. The highest BCUT2D eigenvalue weighted by molar-refractivity contribution is 9.10. The molecule has 8 heteroatoms. The predicted octanol–water partition coefficient (Wildman–Crippen LogP) is 6.37. The van der Waals surface area contributed by atoms with Crippen LogP contribution < -0.4 is 5.73 Å². The van der Waals surface area contributed by atoms with Crippen molar-refractivity contribution in [1.82, 2.24) is 9.55 Å². The van der Waals surface area contributed by atoms with E-state index in [1.54, 1.807) is 18.2 Å². The summed E-state index contributed by atoms with van der Waals surface area (Å²) < 4.78 is 7.79. The molecular formula is C25H20BrCl2N3O2. The Morgan fingerprint density at radius 1 is 1.12 bits per heavy atom. The van der Waals surface area contributed by atoms with Crippen LogP contribution in [0.2, 0.25) is 10.0 Å². The van der Waals surface area contributed by atoms with Crippen molar-refractivity contribution in [2.45, 2.75) is 12.5 Å². The highest BCUT2D eigenvalue weighted by Gasteiger charge is 2.19. The van der Waals surface area contributed by atoms with Crippen LogP contribution in [0.25, 0.3) is 16.9 Å². The number of esters is 1. The number of halogens is 3. The average Bonchev–Trinajstić information content (AvgIpc) is 3.23. The van der Waals surface area contributed by atoms with Crippen molar-refractivity contribution in [3.63, 3.8) is 0 Å². The molecular weight excluding hydrogens is 525 g/mol. The summed E-state index contributed by atoms with van der Waals surface area (Å²) in [7, 11) is 1.32. The van der Waals surface area contributed by atoms with Crippen molar-refractivity contribution >= 4 is 45.1 Å². The summed E-state index contributed by atoms with van der Waals surface area (Å²) in [6, 6.07) is 20.0. The van der Waals surface area contributed by atoms with E-state index in [4.69, 9.17) is 38.7 Å². The number of aromatic nitrogens is 2. The van der Waals surface area contributed by atoms with Crippen LogP contribution in [0.1, 0.15) is 23.0 Å². The van der Waals surface area contributed by atoms with E-state index >= 15 is 0 Å². The van der Waals surface area contributed by atoms with Gasteiger partial charge in [-0.3, -0.25) is 4.79 Å². The molecule has 0 bridgehead atoms. The first-order chi connectivity index (χ1) is 15.9. The van der Waals surface area contributed by atoms with Crippen LogP contribution in [0.15, 0.2) is 77.4 Å². The summed E-state index contributed by atoms with van der Waals surface area (Å²) in [5.74, 6) is 0.309. The Labute approximate surface area is 210 Å².